The Bertz CT molecular complexity index is 404. The van der Waals surface area contributed by atoms with E-state index >= 15 is 0 Å². The van der Waals surface area contributed by atoms with Crippen LogP contribution in [0.3, 0.4) is 0 Å². The lowest BCUT2D eigenvalue weighted by atomic mass is 9.83. The van der Waals surface area contributed by atoms with Crippen LogP contribution in [0.15, 0.2) is 12.1 Å². The third kappa shape index (κ3) is 3.50. The standard InChI is InChI=1S/C17H27NO/c1-4-15-7-5-6-8-16(15)18-11-14-9-12(2)17(19)13(3)10-14/h9-10,15-16,18-19H,4-8,11H2,1-3H3. The molecular weight excluding hydrogens is 234 g/mol. The van der Waals surface area contributed by atoms with E-state index in [0.717, 1.165) is 23.6 Å². The SMILES string of the molecule is CCC1CCCCC1NCc1cc(C)c(O)c(C)c1. The van der Waals surface area contributed by atoms with Gasteiger partial charge in [-0.15, -0.1) is 0 Å². The van der Waals surface area contributed by atoms with Crippen molar-refractivity contribution in [1.29, 1.82) is 0 Å². The van der Waals surface area contributed by atoms with Crippen LogP contribution in [-0.2, 0) is 6.54 Å². The molecule has 2 heteroatoms. The van der Waals surface area contributed by atoms with Crippen molar-refractivity contribution in [2.24, 2.45) is 5.92 Å². The number of benzene rings is 1. The fraction of sp³-hybridized carbons (Fsp3) is 0.647. The number of phenols is 1. The molecule has 1 fully saturated rings. The molecular formula is C17H27NO. The Morgan fingerprint density at radius 3 is 2.42 bits per heavy atom. The lowest BCUT2D eigenvalue weighted by molar-refractivity contribution is 0.254. The minimum Gasteiger partial charge on any atom is -0.507 e. The van der Waals surface area contributed by atoms with Gasteiger partial charge in [-0.25, -0.2) is 0 Å². The summed E-state index contributed by atoms with van der Waals surface area (Å²) < 4.78 is 0. The molecule has 0 aliphatic heterocycles. The van der Waals surface area contributed by atoms with Gasteiger partial charge in [-0.1, -0.05) is 38.3 Å². The minimum atomic E-state index is 0.438. The molecule has 106 valence electrons. The maximum Gasteiger partial charge on any atom is 0.121 e. The highest BCUT2D eigenvalue weighted by molar-refractivity contribution is 5.42. The fourth-order valence-corrected chi connectivity index (χ4v) is 3.36. The smallest absolute Gasteiger partial charge is 0.121 e. The third-order valence-electron chi connectivity index (χ3n) is 4.55. The number of hydrogen-bond acceptors (Lipinski definition) is 2. The van der Waals surface area contributed by atoms with Crippen molar-refractivity contribution >= 4 is 0 Å². The molecule has 0 spiro atoms. The fourth-order valence-electron chi connectivity index (χ4n) is 3.36. The van der Waals surface area contributed by atoms with Gasteiger partial charge in [0, 0.05) is 12.6 Å². The Hall–Kier alpha value is -1.02. The van der Waals surface area contributed by atoms with E-state index in [4.69, 9.17) is 0 Å². The largest absolute Gasteiger partial charge is 0.507 e. The second-order valence-electron chi connectivity index (χ2n) is 6.02. The Balaban J connectivity index is 1.98. The van der Waals surface area contributed by atoms with E-state index in [0.29, 0.717) is 11.8 Å². The molecule has 2 atom stereocenters. The first-order valence-electron chi connectivity index (χ1n) is 7.64. The van der Waals surface area contributed by atoms with Crippen LogP contribution in [0.5, 0.6) is 5.75 Å². The average Bonchev–Trinajstić information content (AvgIpc) is 2.42. The molecule has 1 saturated carbocycles. The summed E-state index contributed by atoms with van der Waals surface area (Å²) in [6.45, 7) is 7.17. The topological polar surface area (TPSA) is 32.3 Å². The molecule has 1 aliphatic rings. The van der Waals surface area contributed by atoms with Crippen LogP contribution in [0.1, 0.15) is 55.7 Å². The van der Waals surface area contributed by atoms with Gasteiger partial charge in [0.1, 0.15) is 5.75 Å². The summed E-state index contributed by atoms with van der Waals surface area (Å²) in [5.74, 6) is 1.28. The molecule has 0 bridgehead atoms. The number of rotatable bonds is 4. The Labute approximate surface area is 117 Å². The Morgan fingerprint density at radius 2 is 1.79 bits per heavy atom. The highest BCUT2D eigenvalue weighted by atomic mass is 16.3. The summed E-state index contributed by atoms with van der Waals surface area (Å²) in [5, 5.41) is 13.5. The van der Waals surface area contributed by atoms with Gasteiger partial charge in [-0.2, -0.15) is 0 Å². The van der Waals surface area contributed by atoms with Crippen LogP contribution in [-0.4, -0.2) is 11.1 Å². The first kappa shape index (κ1) is 14.4. The first-order chi connectivity index (χ1) is 9.11. The van der Waals surface area contributed by atoms with Gasteiger partial charge in [-0.3, -0.25) is 0 Å². The molecule has 1 aromatic carbocycles. The summed E-state index contributed by atoms with van der Waals surface area (Å²) in [6.07, 6.45) is 6.73. The van der Waals surface area contributed by atoms with Gasteiger partial charge in [-0.05, 0) is 49.3 Å². The van der Waals surface area contributed by atoms with Crippen molar-refractivity contribution in [2.75, 3.05) is 0 Å². The van der Waals surface area contributed by atoms with E-state index in [1.165, 1.54) is 37.7 Å². The maximum absolute atomic E-state index is 9.81. The van der Waals surface area contributed by atoms with Crippen molar-refractivity contribution in [3.63, 3.8) is 0 Å². The van der Waals surface area contributed by atoms with Crippen LogP contribution in [0.4, 0.5) is 0 Å². The van der Waals surface area contributed by atoms with Crippen molar-refractivity contribution in [1.82, 2.24) is 5.32 Å². The zero-order valence-corrected chi connectivity index (χ0v) is 12.5. The highest BCUT2D eigenvalue weighted by Crippen LogP contribution is 2.27. The second-order valence-corrected chi connectivity index (χ2v) is 6.02. The van der Waals surface area contributed by atoms with Crippen LogP contribution in [0.25, 0.3) is 0 Å². The summed E-state index contributed by atoms with van der Waals surface area (Å²) in [4.78, 5) is 0. The quantitative estimate of drug-likeness (QED) is 0.856. The van der Waals surface area contributed by atoms with Gasteiger partial charge in [0.05, 0.1) is 0 Å². The summed E-state index contributed by atoms with van der Waals surface area (Å²) in [5.41, 5.74) is 3.24. The van der Waals surface area contributed by atoms with Gasteiger partial charge in [0.2, 0.25) is 0 Å². The minimum absolute atomic E-state index is 0.438. The Morgan fingerprint density at radius 1 is 1.16 bits per heavy atom. The average molecular weight is 261 g/mol. The Kier molecular flexibility index (Phi) is 4.87. The molecule has 2 unspecified atom stereocenters. The van der Waals surface area contributed by atoms with Crippen LogP contribution in [0.2, 0.25) is 0 Å². The van der Waals surface area contributed by atoms with Crippen molar-refractivity contribution in [3.8, 4) is 5.75 Å². The normalized spacial score (nSPS) is 23.5. The zero-order chi connectivity index (χ0) is 13.8. The molecule has 0 saturated heterocycles. The maximum atomic E-state index is 9.81. The molecule has 1 aliphatic carbocycles. The van der Waals surface area contributed by atoms with E-state index in [1.807, 2.05) is 13.8 Å². The molecule has 0 radical (unpaired) electrons. The summed E-state index contributed by atoms with van der Waals surface area (Å²) in [7, 11) is 0. The second kappa shape index (κ2) is 6.42. The van der Waals surface area contributed by atoms with Crippen molar-refractivity contribution < 1.29 is 5.11 Å². The predicted octanol–water partition coefficient (Wildman–Crippen LogP) is 4.07. The van der Waals surface area contributed by atoms with Crippen molar-refractivity contribution in [3.05, 3.63) is 28.8 Å². The molecule has 2 nitrogen and oxygen atoms in total. The number of aryl methyl sites for hydroxylation is 2. The molecule has 0 aromatic heterocycles. The monoisotopic (exact) mass is 261 g/mol. The lowest BCUT2D eigenvalue weighted by Crippen LogP contribution is -2.37. The number of aromatic hydroxyl groups is 1. The van der Waals surface area contributed by atoms with Crippen molar-refractivity contribution in [2.45, 2.75) is 65.5 Å². The van der Waals surface area contributed by atoms with E-state index < -0.39 is 0 Å². The van der Waals surface area contributed by atoms with Crippen LogP contribution < -0.4 is 5.32 Å². The van der Waals surface area contributed by atoms with Gasteiger partial charge >= 0.3 is 0 Å². The van der Waals surface area contributed by atoms with Gasteiger partial charge < -0.3 is 10.4 Å². The molecule has 19 heavy (non-hydrogen) atoms. The van der Waals surface area contributed by atoms with Gasteiger partial charge in [0.15, 0.2) is 0 Å². The lowest BCUT2D eigenvalue weighted by Gasteiger charge is -2.31. The molecule has 2 rings (SSSR count). The number of phenolic OH excluding ortho intramolecular Hbond substituents is 1. The van der Waals surface area contributed by atoms with E-state index in [2.05, 4.69) is 24.4 Å². The van der Waals surface area contributed by atoms with E-state index in [-0.39, 0.29) is 0 Å². The molecule has 0 amide bonds. The highest BCUT2D eigenvalue weighted by Gasteiger charge is 2.22. The molecule has 2 N–H and O–H groups in total. The molecule has 1 aromatic rings. The van der Waals surface area contributed by atoms with E-state index in [1.54, 1.807) is 0 Å². The molecule has 0 heterocycles. The first-order valence-corrected chi connectivity index (χ1v) is 7.64. The van der Waals surface area contributed by atoms with Gasteiger partial charge in [0.25, 0.3) is 0 Å². The van der Waals surface area contributed by atoms with Crippen LogP contribution >= 0.6 is 0 Å². The number of nitrogens with one attached hydrogen (secondary N) is 1. The van der Waals surface area contributed by atoms with Crippen LogP contribution in [0, 0.1) is 19.8 Å². The zero-order valence-electron chi connectivity index (χ0n) is 12.5. The number of hydrogen-bond donors (Lipinski definition) is 2. The summed E-state index contributed by atoms with van der Waals surface area (Å²) >= 11 is 0. The predicted molar refractivity (Wildman–Crippen MR) is 80.5 cm³/mol. The van der Waals surface area contributed by atoms with E-state index in [9.17, 15) is 5.11 Å². The third-order valence-corrected chi connectivity index (χ3v) is 4.55. The summed E-state index contributed by atoms with van der Waals surface area (Å²) in [6, 6.07) is 4.87.